The fourth-order valence-corrected chi connectivity index (χ4v) is 4.85. The summed E-state index contributed by atoms with van der Waals surface area (Å²) in [6.07, 6.45) is 4.16. The minimum atomic E-state index is -1.91. The summed E-state index contributed by atoms with van der Waals surface area (Å²) >= 11 is 0. The maximum atomic E-state index is 13.4. The zero-order valence-corrected chi connectivity index (χ0v) is 20.4. The quantitative estimate of drug-likeness (QED) is 0.386. The number of methoxy groups -OCH3 is 1. The Hall–Kier alpha value is -3.21. The summed E-state index contributed by atoms with van der Waals surface area (Å²) in [4.78, 5) is 50.8. The number of pyridine rings is 1. The molecule has 4 rings (SSSR count). The number of ether oxygens (including phenoxy) is 1. The van der Waals surface area contributed by atoms with Crippen LogP contribution in [0.15, 0.2) is 35.3 Å². The third-order valence-corrected chi connectivity index (χ3v) is 6.81. The van der Waals surface area contributed by atoms with Crippen molar-refractivity contribution in [1.29, 1.82) is 0 Å². The van der Waals surface area contributed by atoms with Crippen LogP contribution in [0.4, 0.5) is 20.3 Å². The highest BCUT2D eigenvalue weighted by Crippen LogP contribution is 2.33. The zero-order chi connectivity index (χ0) is 25.8. The average Bonchev–Trinajstić information content (AvgIpc) is 2.86. The molecule has 10 nitrogen and oxygen atoms in total. The zero-order valence-electron chi connectivity index (χ0n) is 19.5. The molecule has 0 saturated carbocycles. The Morgan fingerprint density at radius 1 is 1.22 bits per heavy atom. The van der Waals surface area contributed by atoms with Crippen LogP contribution in [0.1, 0.15) is 19.3 Å². The van der Waals surface area contributed by atoms with Gasteiger partial charge in [0.15, 0.2) is 20.0 Å². The Bertz CT molecular complexity index is 1310. The molecule has 0 bridgehead atoms. The number of rotatable bonds is 8. The molecule has 1 saturated heterocycles. The number of piperidine rings is 1. The number of aromatic nitrogens is 3. The number of carbonyl (C=O) groups is 1. The summed E-state index contributed by atoms with van der Waals surface area (Å²) in [5.74, 6) is -1.67. The molecule has 36 heavy (non-hydrogen) atoms. The van der Waals surface area contributed by atoms with Gasteiger partial charge in [-0.3, -0.25) is 9.59 Å². The number of fused-ring (bicyclic) bond motifs is 1. The van der Waals surface area contributed by atoms with Crippen LogP contribution < -0.4 is 20.5 Å². The lowest BCUT2D eigenvalue weighted by Gasteiger charge is -2.33. The van der Waals surface area contributed by atoms with Gasteiger partial charge in [-0.05, 0) is 37.3 Å². The highest BCUT2D eigenvalue weighted by atomic mass is 31.2. The second kappa shape index (κ2) is 11.2. The molecule has 1 aliphatic heterocycles. The predicted molar refractivity (Wildman–Crippen MR) is 131 cm³/mol. The fraction of sp³-hybridized carbons (Fsp3) is 0.391. The molecule has 0 spiro atoms. The number of nitrogens with zero attached hydrogens (tertiary/aromatic N) is 4. The Kier molecular flexibility index (Phi) is 8.07. The van der Waals surface area contributed by atoms with E-state index in [0.717, 1.165) is 36.1 Å². The number of anilines is 2. The van der Waals surface area contributed by atoms with Gasteiger partial charge >= 0.3 is 0 Å². The van der Waals surface area contributed by atoms with Crippen molar-refractivity contribution in [2.75, 3.05) is 36.6 Å². The van der Waals surface area contributed by atoms with Crippen LogP contribution in [0.25, 0.3) is 10.8 Å². The van der Waals surface area contributed by atoms with Crippen LogP contribution >= 0.6 is 8.38 Å². The van der Waals surface area contributed by atoms with Crippen molar-refractivity contribution in [2.24, 2.45) is 5.92 Å². The molecule has 1 aromatic carbocycles. The van der Waals surface area contributed by atoms with E-state index >= 15 is 0 Å². The first kappa shape index (κ1) is 25.9. The first-order chi connectivity index (χ1) is 17.2. The molecule has 192 valence electrons. The topological polar surface area (TPSA) is 130 Å². The van der Waals surface area contributed by atoms with Crippen LogP contribution in [0.5, 0.6) is 5.88 Å². The smallest absolute Gasteiger partial charge is 0.278 e. The number of benzene rings is 1. The number of halogens is 2. The van der Waals surface area contributed by atoms with E-state index in [-0.39, 0.29) is 5.69 Å². The molecule has 1 aliphatic rings. The van der Waals surface area contributed by atoms with E-state index in [4.69, 9.17) is 4.74 Å². The lowest BCUT2D eigenvalue weighted by Crippen LogP contribution is -2.36. The number of carbonyl (C=O) groups excluding carboxylic acids is 1. The molecule has 0 aliphatic carbocycles. The Morgan fingerprint density at radius 2 is 1.97 bits per heavy atom. The van der Waals surface area contributed by atoms with Gasteiger partial charge in [0.05, 0.1) is 18.7 Å². The minimum Gasteiger partial charge on any atom is -0.481 e. The molecule has 0 radical (unpaired) electrons. The fourth-order valence-electron chi connectivity index (χ4n) is 4.25. The number of hydrogen-bond donors (Lipinski definition) is 3. The van der Waals surface area contributed by atoms with Gasteiger partial charge in [0.1, 0.15) is 12.4 Å². The van der Waals surface area contributed by atoms with Crippen molar-refractivity contribution in [3.8, 4) is 5.88 Å². The van der Waals surface area contributed by atoms with E-state index in [0.29, 0.717) is 47.6 Å². The molecule has 3 aromatic rings. The molecular weight excluding hydrogens is 495 g/mol. The maximum Gasteiger partial charge on any atom is 0.278 e. The van der Waals surface area contributed by atoms with Gasteiger partial charge in [0.25, 0.3) is 5.56 Å². The highest BCUT2D eigenvalue weighted by molar-refractivity contribution is 7.45. The summed E-state index contributed by atoms with van der Waals surface area (Å²) < 4.78 is 32.9. The molecule has 13 heteroatoms. The van der Waals surface area contributed by atoms with Crippen LogP contribution in [0.3, 0.4) is 0 Å². The van der Waals surface area contributed by atoms with Crippen molar-refractivity contribution in [1.82, 2.24) is 14.8 Å². The van der Waals surface area contributed by atoms with Gasteiger partial charge in [-0.1, -0.05) is 0 Å². The second-order valence-corrected chi connectivity index (χ2v) is 9.74. The molecule has 1 amide bonds. The molecule has 2 aromatic heterocycles. The van der Waals surface area contributed by atoms with Gasteiger partial charge < -0.3 is 24.7 Å². The summed E-state index contributed by atoms with van der Waals surface area (Å²) in [5, 5.41) is 7.32. The lowest BCUT2D eigenvalue weighted by molar-refractivity contribution is -0.117. The molecule has 3 N–H and O–H groups in total. The Balaban J connectivity index is 1.58. The number of amides is 1. The second-order valence-electron chi connectivity index (χ2n) is 8.55. The van der Waals surface area contributed by atoms with E-state index in [9.17, 15) is 28.2 Å². The van der Waals surface area contributed by atoms with Crippen LogP contribution in [-0.2, 0) is 11.3 Å². The average molecular weight is 521 g/mol. The van der Waals surface area contributed by atoms with E-state index in [1.807, 2.05) is 4.90 Å². The first-order valence-corrected chi connectivity index (χ1v) is 12.8. The summed E-state index contributed by atoms with van der Waals surface area (Å²) in [6.45, 7) is 0.798. The van der Waals surface area contributed by atoms with Crippen LogP contribution in [-0.4, -0.2) is 56.8 Å². The van der Waals surface area contributed by atoms with Crippen molar-refractivity contribution in [3.05, 3.63) is 52.5 Å². The first-order valence-electron chi connectivity index (χ1n) is 11.3. The predicted octanol–water partition coefficient (Wildman–Crippen LogP) is 2.62. The number of nitrogens with one attached hydrogen (secondary N) is 1. The summed E-state index contributed by atoms with van der Waals surface area (Å²) in [5.41, 5.74) is -0.468. The van der Waals surface area contributed by atoms with Gasteiger partial charge in [-0.2, -0.15) is 10.1 Å². The van der Waals surface area contributed by atoms with E-state index in [1.54, 1.807) is 6.07 Å². The van der Waals surface area contributed by atoms with Gasteiger partial charge in [-0.25, -0.2) is 13.5 Å². The summed E-state index contributed by atoms with van der Waals surface area (Å²) in [6, 6.07) is 4.56. The minimum absolute atomic E-state index is 0.0534. The molecular formula is C23H26F2N5O5P. The third-order valence-electron chi connectivity index (χ3n) is 6.15. The lowest BCUT2D eigenvalue weighted by atomic mass is 9.94. The van der Waals surface area contributed by atoms with Gasteiger partial charge in [-0.15, -0.1) is 0 Å². The Morgan fingerprint density at radius 3 is 2.64 bits per heavy atom. The number of hydrogen-bond acceptors (Lipinski definition) is 8. The third kappa shape index (κ3) is 5.95. The largest absolute Gasteiger partial charge is 0.481 e. The van der Waals surface area contributed by atoms with E-state index < -0.39 is 38.0 Å². The molecule has 0 unspecified atom stereocenters. The van der Waals surface area contributed by atoms with Crippen molar-refractivity contribution < 1.29 is 28.1 Å². The summed E-state index contributed by atoms with van der Waals surface area (Å²) in [7, 11) is -0.431. The van der Waals surface area contributed by atoms with Gasteiger partial charge in [0, 0.05) is 42.5 Å². The molecule has 3 heterocycles. The van der Waals surface area contributed by atoms with Crippen molar-refractivity contribution in [3.63, 3.8) is 0 Å². The van der Waals surface area contributed by atoms with Crippen LogP contribution in [0, 0.1) is 17.6 Å². The van der Waals surface area contributed by atoms with Crippen molar-refractivity contribution in [2.45, 2.75) is 25.8 Å². The SMILES string of the molecule is COc1cc2cnn(CC(=O)Nc3ccc(F)c(F)c3)c(=O)c2c(N2CCC(CCP(O)O)CC2)n1. The monoisotopic (exact) mass is 521 g/mol. The standard InChI is InChI=1S/C23H26F2N5O5P/c1-35-20-10-15-12-26-30(13-19(31)27-16-2-3-17(24)18(25)11-16)23(32)21(15)22(28-20)29-7-4-14(5-8-29)6-9-36(33)34/h2-3,10-12,14,33-34H,4-9,13H2,1H3,(H,27,31). The van der Waals surface area contributed by atoms with E-state index in [2.05, 4.69) is 15.4 Å². The van der Waals surface area contributed by atoms with Crippen LogP contribution in [0.2, 0.25) is 0 Å². The highest BCUT2D eigenvalue weighted by Gasteiger charge is 2.25. The molecule has 0 atom stereocenters. The van der Waals surface area contributed by atoms with E-state index in [1.165, 1.54) is 19.4 Å². The van der Waals surface area contributed by atoms with Crippen molar-refractivity contribution >= 4 is 36.6 Å². The maximum absolute atomic E-state index is 13.4. The normalized spacial score (nSPS) is 14.4. The Labute approximate surface area is 206 Å². The van der Waals surface area contributed by atoms with Gasteiger partial charge in [0.2, 0.25) is 11.8 Å². The molecule has 1 fully saturated rings.